The van der Waals surface area contributed by atoms with E-state index in [1.807, 2.05) is 25.3 Å². The van der Waals surface area contributed by atoms with E-state index in [4.69, 9.17) is 4.98 Å². The number of imide groups is 1. The Morgan fingerprint density at radius 3 is 2.61 bits per heavy atom. The van der Waals surface area contributed by atoms with E-state index >= 15 is 0 Å². The van der Waals surface area contributed by atoms with E-state index in [9.17, 15) is 9.59 Å². The van der Waals surface area contributed by atoms with Gasteiger partial charge in [0, 0.05) is 17.3 Å². The molecular formula is C19H20N6O2S. The van der Waals surface area contributed by atoms with Gasteiger partial charge in [-0.25, -0.2) is 14.8 Å². The van der Waals surface area contributed by atoms with Gasteiger partial charge in [0.25, 0.3) is 5.91 Å². The number of rotatable bonds is 4. The number of carbonyl (C=O) groups excluding carboxylic acids is 2. The zero-order chi connectivity index (χ0) is 20.0. The fourth-order valence-corrected chi connectivity index (χ4v) is 3.74. The first-order chi connectivity index (χ1) is 13.4. The van der Waals surface area contributed by atoms with Crippen molar-refractivity contribution in [3.8, 4) is 5.82 Å². The Morgan fingerprint density at radius 1 is 1.14 bits per heavy atom. The zero-order valence-electron chi connectivity index (χ0n) is 16.1. The highest BCUT2D eigenvalue weighted by Crippen LogP contribution is 2.25. The molecule has 0 radical (unpaired) electrons. The quantitative estimate of drug-likeness (QED) is 0.498. The molecule has 1 fully saturated rings. The van der Waals surface area contributed by atoms with Crippen LogP contribution in [0.2, 0.25) is 0 Å². The molecule has 0 spiro atoms. The van der Waals surface area contributed by atoms with E-state index in [2.05, 4.69) is 22.2 Å². The molecule has 0 bridgehead atoms. The lowest BCUT2D eigenvalue weighted by Crippen LogP contribution is -2.32. The first kappa shape index (κ1) is 18.4. The van der Waals surface area contributed by atoms with Crippen LogP contribution in [-0.4, -0.2) is 61.3 Å². The average molecular weight is 396 g/mol. The van der Waals surface area contributed by atoms with Crippen molar-refractivity contribution >= 4 is 34.6 Å². The topological polar surface area (TPSA) is 84.2 Å². The zero-order valence-corrected chi connectivity index (χ0v) is 16.9. The number of amides is 3. The summed E-state index contributed by atoms with van der Waals surface area (Å²) < 4.78 is 1.62. The van der Waals surface area contributed by atoms with Crippen LogP contribution in [0, 0.1) is 13.8 Å². The van der Waals surface area contributed by atoms with Crippen LogP contribution in [0.15, 0.2) is 29.2 Å². The van der Waals surface area contributed by atoms with Gasteiger partial charge in [-0.05, 0) is 43.9 Å². The minimum Gasteiger partial charge on any atom is -0.318 e. The van der Waals surface area contributed by atoms with Gasteiger partial charge in [0.05, 0.1) is 12.1 Å². The van der Waals surface area contributed by atoms with Gasteiger partial charge in [0.1, 0.15) is 12.4 Å². The molecular weight excluding hydrogens is 376 g/mol. The predicted octanol–water partition coefficient (Wildman–Crippen LogP) is 2.55. The molecule has 4 rings (SSSR count). The Bertz CT molecular complexity index is 1110. The summed E-state index contributed by atoms with van der Waals surface area (Å²) in [6.07, 6.45) is 2.03. The van der Waals surface area contributed by atoms with Gasteiger partial charge in [0.15, 0.2) is 11.6 Å². The van der Waals surface area contributed by atoms with E-state index in [0.29, 0.717) is 17.5 Å². The molecule has 9 heteroatoms. The van der Waals surface area contributed by atoms with Gasteiger partial charge >= 0.3 is 6.03 Å². The van der Waals surface area contributed by atoms with Gasteiger partial charge in [-0.3, -0.25) is 9.69 Å². The van der Waals surface area contributed by atoms with Crippen molar-refractivity contribution < 1.29 is 9.59 Å². The molecule has 3 amide bonds. The van der Waals surface area contributed by atoms with Crippen LogP contribution < -0.4 is 0 Å². The molecule has 28 heavy (non-hydrogen) atoms. The number of fused-ring (bicyclic) bond motifs is 1. The van der Waals surface area contributed by atoms with Crippen LogP contribution in [0.5, 0.6) is 0 Å². The minimum atomic E-state index is -0.329. The van der Waals surface area contributed by atoms with Crippen molar-refractivity contribution in [3.05, 3.63) is 41.5 Å². The molecule has 2 aromatic heterocycles. The first-order valence-corrected chi connectivity index (χ1v) is 10.0. The van der Waals surface area contributed by atoms with Crippen LogP contribution in [0.1, 0.15) is 17.2 Å². The number of hydrogen-bond donors (Lipinski definition) is 0. The third-order valence-corrected chi connectivity index (χ3v) is 5.46. The van der Waals surface area contributed by atoms with Crippen molar-refractivity contribution in [3.63, 3.8) is 0 Å². The number of aromatic nitrogens is 4. The summed E-state index contributed by atoms with van der Waals surface area (Å²) in [6.45, 7) is 3.95. The van der Waals surface area contributed by atoms with E-state index in [1.54, 1.807) is 30.4 Å². The van der Waals surface area contributed by atoms with Crippen molar-refractivity contribution in [2.45, 2.75) is 25.3 Å². The number of thioether (sulfide) groups is 1. The second-order valence-electron chi connectivity index (χ2n) is 6.79. The molecule has 8 nitrogen and oxygen atoms in total. The summed E-state index contributed by atoms with van der Waals surface area (Å²) in [6, 6.07) is 7.80. The maximum absolute atomic E-state index is 12.2. The lowest BCUT2D eigenvalue weighted by atomic mass is 10.1. The molecule has 1 saturated heterocycles. The summed E-state index contributed by atoms with van der Waals surface area (Å²) >= 11 is 1.66. The van der Waals surface area contributed by atoms with Gasteiger partial charge in [-0.2, -0.15) is 4.68 Å². The van der Waals surface area contributed by atoms with Gasteiger partial charge in [0.2, 0.25) is 0 Å². The van der Waals surface area contributed by atoms with Crippen LogP contribution in [0.4, 0.5) is 4.79 Å². The molecule has 0 saturated carbocycles. The normalized spacial score (nSPS) is 14.6. The van der Waals surface area contributed by atoms with Crippen molar-refractivity contribution in [1.29, 1.82) is 0 Å². The summed E-state index contributed by atoms with van der Waals surface area (Å²) in [5.41, 5.74) is 1.94. The number of benzene rings is 1. The number of likely N-dealkylation sites (N-methyl/N-ethyl adjacent to an activating group) is 1. The second-order valence-corrected chi connectivity index (χ2v) is 7.67. The molecule has 0 aliphatic carbocycles. The molecule has 1 aromatic carbocycles. The fourth-order valence-electron chi connectivity index (χ4n) is 3.31. The van der Waals surface area contributed by atoms with E-state index < -0.39 is 0 Å². The molecule has 1 aliphatic rings. The average Bonchev–Trinajstić information content (AvgIpc) is 3.15. The maximum Gasteiger partial charge on any atom is 0.327 e. The highest BCUT2D eigenvalue weighted by molar-refractivity contribution is 7.98. The number of carbonyl (C=O) groups is 2. The maximum atomic E-state index is 12.2. The van der Waals surface area contributed by atoms with E-state index in [0.717, 1.165) is 21.4 Å². The summed E-state index contributed by atoms with van der Waals surface area (Å²) in [5.74, 6) is 1.43. The Morgan fingerprint density at radius 2 is 1.93 bits per heavy atom. The number of hydrogen-bond acceptors (Lipinski definition) is 6. The number of aryl methyl sites for hydroxylation is 2. The van der Waals surface area contributed by atoms with Crippen LogP contribution in [0.25, 0.3) is 16.7 Å². The Balaban J connectivity index is 1.78. The van der Waals surface area contributed by atoms with Gasteiger partial charge < -0.3 is 4.90 Å². The molecule has 3 heterocycles. The van der Waals surface area contributed by atoms with Crippen LogP contribution >= 0.6 is 11.8 Å². The van der Waals surface area contributed by atoms with Gasteiger partial charge in [-0.1, -0.05) is 6.07 Å². The summed E-state index contributed by atoms with van der Waals surface area (Å²) in [4.78, 5) is 37.3. The fraction of sp³-hybridized carbons (Fsp3) is 0.316. The van der Waals surface area contributed by atoms with Gasteiger partial charge in [-0.15, -0.1) is 16.9 Å². The van der Waals surface area contributed by atoms with Crippen molar-refractivity contribution in [1.82, 2.24) is 29.5 Å². The van der Waals surface area contributed by atoms with Crippen LogP contribution in [-0.2, 0) is 11.3 Å². The number of urea groups is 1. The molecule has 0 unspecified atom stereocenters. The summed E-state index contributed by atoms with van der Waals surface area (Å²) in [5, 5.41) is 5.53. The largest absolute Gasteiger partial charge is 0.327 e. The lowest BCUT2D eigenvalue weighted by molar-refractivity contribution is -0.125. The van der Waals surface area contributed by atoms with E-state index in [-0.39, 0.29) is 25.0 Å². The smallest absolute Gasteiger partial charge is 0.318 e. The molecule has 0 N–H and O–H groups in total. The third kappa shape index (κ3) is 3.11. The number of nitrogens with zero attached hydrogens (tertiary/aromatic N) is 6. The Kier molecular flexibility index (Phi) is 4.54. The minimum absolute atomic E-state index is 0.0620. The molecule has 3 aromatic rings. The lowest BCUT2D eigenvalue weighted by Gasteiger charge is -2.14. The highest BCUT2D eigenvalue weighted by Gasteiger charge is 2.34. The first-order valence-electron chi connectivity index (χ1n) is 8.81. The summed E-state index contributed by atoms with van der Waals surface area (Å²) in [7, 11) is 1.60. The monoisotopic (exact) mass is 396 g/mol. The Labute approximate surface area is 166 Å². The second kappa shape index (κ2) is 6.90. The predicted molar refractivity (Wildman–Crippen MR) is 106 cm³/mol. The molecule has 0 atom stereocenters. The number of pyridine rings is 1. The standard InChI is InChI=1S/C19H20N6O2S/c1-11-7-16(21-15-8-13(28-4)5-6-14(11)15)25-17(20-12(2)22-25)9-24-18(26)10-23(3)19(24)27/h5-8H,9-10H2,1-4H3. The van der Waals surface area contributed by atoms with E-state index in [1.165, 1.54) is 9.80 Å². The SMILES string of the molecule is CSc1ccc2c(C)cc(-n3nc(C)nc3CN3C(=O)CN(C)C3=O)nc2c1. The van der Waals surface area contributed by atoms with Crippen molar-refractivity contribution in [2.75, 3.05) is 19.8 Å². The van der Waals surface area contributed by atoms with Crippen molar-refractivity contribution in [2.24, 2.45) is 0 Å². The third-order valence-electron chi connectivity index (χ3n) is 4.74. The molecule has 144 valence electrons. The van der Waals surface area contributed by atoms with Crippen LogP contribution in [0.3, 0.4) is 0 Å². The Hall–Kier alpha value is -2.94. The highest BCUT2D eigenvalue weighted by atomic mass is 32.2. The molecule has 1 aliphatic heterocycles.